The third-order valence-corrected chi connectivity index (χ3v) is 6.50. The molecule has 1 atom stereocenters. The van der Waals surface area contributed by atoms with Gasteiger partial charge in [0.25, 0.3) is 5.91 Å². The lowest BCUT2D eigenvalue weighted by molar-refractivity contribution is -0.138. The fraction of sp³-hybridized carbons (Fsp3) is 0.304. The second-order valence-electron chi connectivity index (χ2n) is 7.90. The van der Waals surface area contributed by atoms with E-state index in [4.69, 9.17) is 0 Å². The number of hydrogen-bond donors (Lipinski definition) is 0. The molecule has 4 rings (SSSR count). The molecule has 1 saturated heterocycles. The van der Waals surface area contributed by atoms with Crippen LogP contribution in [0.25, 0.3) is 10.4 Å². The predicted octanol–water partition coefficient (Wildman–Crippen LogP) is 3.37. The number of carbonyl (C=O) groups excluding carboxylic acids is 2. The van der Waals surface area contributed by atoms with Crippen molar-refractivity contribution in [2.45, 2.75) is 12.8 Å². The number of rotatable bonds is 5. The monoisotopic (exact) mass is 420 g/mol. The highest BCUT2D eigenvalue weighted by Crippen LogP contribution is 2.37. The van der Waals surface area contributed by atoms with Crippen LogP contribution in [-0.4, -0.2) is 58.8 Å². The van der Waals surface area contributed by atoms with E-state index in [0.717, 1.165) is 5.56 Å². The Morgan fingerprint density at radius 2 is 1.97 bits per heavy atom. The summed E-state index contributed by atoms with van der Waals surface area (Å²) in [6.45, 7) is 0.911. The van der Waals surface area contributed by atoms with Crippen molar-refractivity contribution in [3.05, 3.63) is 71.6 Å². The highest BCUT2D eigenvalue weighted by molar-refractivity contribution is 7.13. The van der Waals surface area contributed by atoms with E-state index < -0.39 is 5.41 Å². The van der Waals surface area contributed by atoms with E-state index in [9.17, 15) is 9.59 Å². The lowest BCUT2D eigenvalue weighted by Crippen LogP contribution is -2.44. The molecule has 2 aromatic heterocycles. The summed E-state index contributed by atoms with van der Waals surface area (Å²) in [5.74, 6) is -0.121. The molecule has 0 spiro atoms. The zero-order valence-electron chi connectivity index (χ0n) is 17.1. The number of thiophene rings is 1. The van der Waals surface area contributed by atoms with Crippen molar-refractivity contribution in [3.63, 3.8) is 0 Å². The molecule has 3 aromatic rings. The third-order valence-electron chi connectivity index (χ3n) is 5.59. The van der Waals surface area contributed by atoms with Crippen LogP contribution >= 0.6 is 11.3 Å². The molecule has 1 aliphatic heterocycles. The van der Waals surface area contributed by atoms with E-state index in [1.165, 1.54) is 22.8 Å². The van der Waals surface area contributed by atoms with Gasteiger partial charge < -0.3 is 9.80 Å². The average molecular weight is 421 g/mol. The van der Waals surface area contributed by atoms with Gasteiger partial charge in [0.15, 0.2) is 0 Å². The normalized spacial score (nSPS) is 18.4. The molecule has 1 aromatic carbocycles. The van der Waals surface area contributed by atoms with E-state index in [2.05, 4.69) is 45.7 Å². The van der Waals surface area contributed by atoms with E-state index in [-0.39, 0.29) is 11.8 Å². The highest BCUT2D eigenvalue weighted by Gasteiger charge is 2.47. The zero-order valence-corrected chi connectivity index (χ0v) is 17.9. The summed E-state index contributed by atoms with van der Waals surface area (Å²) in [5.41, 5.74) is 1.95. The van der Waals surface area contributed by atoms with Crippen LogP contribution in [0.5, 0.6) is 0 Å². The summed E-state index contributed by atoms with van der Waals surface area (Å²) < 4.78 is 0. The number of amides is 2. The van der Waals surface area contributed by atoms with E-state index in [0.29, 0.717) is 31.6 Å². The summed E-state index contributed by atoms with van der Waals surface area (Å²) in [6.07, 6.45) is 5.75. The van der Waals surface area contributed by atoms with Crippen LogP contribution in [0.4, 0.5) is 0 Å². The van der Waals surface area contributed by atoms with Gasteiger partial charge in [0, 0.05) is 44.5 Å². The number of aromatic nitrogens is 2. The molecule has 0 bridgehead atoms. The first-order valence-electron chi connectivity index (χ1n) is 9.88. The molecule has 0 saturated carbocycles. The molecule has 3 heterocycles. The fourth-order valence-electron chi connectivity index (χ4n) is 4.11. The molecule has 154 valence electrons. The van der Waals surface area contributed by atoms with Gasteiger partial charge >= 0.3 is 0 Å². The summed E-state index contributed by atoms with van der Waals surface area (Å²) >= 11 is 1.71. The van der Waals surface area contributed by atoms with Crippen molar-refractivity contribution in [1.82, 2.24) is 19.8 Å². The Balaban J connectivity index is 1.56. The van der Waals surface area contributed by atoms with Gasteiger partial charge in [0.1, 0.15) is 5.69 Å². The Morgan fingerprint density at radius 1 is 1.17 bits per heavy atom. The van der Waals surface area contributed by atoms with Crippen molar-refractivity contribution in [2.24, 2.45) is 5.41 Å². The lowest BCUT2D eigenvalue weighted by atomic mass is 9.79. The maximum Gasteiger partial charge on any atom is 0.274 e. The minimum atomic E-state index is -0.633. The van der Waals surface area contributed by atoms with Crippen molar-refractivity contribution in [3.8, 4) is 10.4 Å². The van der Waals surface area contributed by atoms with Crippen LogP contribution in [0.3, 0.4) is 0 Å². The van der Waals surface area contributed by atoms with Gasteiger partial charge in [-0.25, -0.2) is 4.98 Å². The van der Waals surface area contributed by atoms with Crippen LogP contribution in [0.2, 0.25) is 0 Å². The van der Waals surface area contributed by atoms with Crippen LogP contribution in [-0.2, 0) is 11.2 Å². The van der Waals surface area contributed by atoms with Gasteiger partial charge in [-0.2, -0.15) is 0 Å². The Labute approximate surface area is 180 Å². The Morgan fingerprint density at radius 3 is 2.60 bits per heavy atom. The highest BCUT2D eigenvalue weighted by atomic mass is 32.1. The number of likely N-dealkylation sites (tertiary alicyclic amines) is 1. The SMILES string of the molecule is CN(C)C(=O)[C@@]1(Cc2ccc(-c3cccs3)cc2)CCN(C(=O)c2cnccn2)C1. The van der Waals surface area contributed by atoms with Gasteiger partial charge in [-0.05, 0) is 35.4 Å². The smallest absolute Gasteiger partial charge is 0.274 e. The molecule has 0 radical (unpaired) electrons. The molecule has 1 fully saturated rings. The molecule has 0 unspecified atom stereocenters. The topological polar surface area (TPSA) is 66.4 Å². The Bertz CT molecular complexity index is 1020. The number of carbonyl (C=O) groups is 2. The second-order valence-corrected chi connectivity index (χ2v) is 8.85. The zero-order chi connectivity index (χ0) is 21.1. The van der Waals surface area contributed by atoms with Crippen molar-refractivity contribution in [1.29, 1.82) is 0 Å². The largest absolute Gasteiger partial charge is 0.348 e. The van der Waals surface area contributed by atoms with Crippen LogP contribution in [0.1, 0.15) is 22.5 Å². The molecule has 2 amide bonds. The quantitative estimate of drug-likeness (QED) is 0.635. The standard InChI is InChI=1S/C23H24N4O2S/c1-26(2)22(29)23(9-12-27(16-23)21(28)19-15-24-10-11-25-19)14-17-5-7-18(8-6-17)20-4-3-13-30-20/h3-8,10-11,13,15H,9,12,14,16H2,1-2H3/t23-/m1/s1. The predicted molar refractivity (Wildman–Crippen MR) is 117 cm³/mol. The van der Waals surface area contributed by atoms with Crippen molar-refractivity contribution < 1.29 is 9.59 Å². The minimum Gasteiger partial charge on any atom is -0.348 e. The summed E-state index contributed by atoms with van der Waals surface area (Å²) in [6, 6.07) is 12.5. The Hall–Kier alpha value is -3.06. The fourth-order valence-corrected chi connectivity index (χ4v) is 4.84. The van der Waals surface area contributed by atoms with E-state index in [1.807, 2.05) is 6.07 Å². The molecule has 30 heavy (non-hydrogen) atoms. The molecular weight excluding hydrogens is 396 g/mol. The molecule has 7 heteroatoms. The van der Waals surface area contributed by atoms with Gasteiger partial charge in [0.2, 0.25) is 5.91 Å². The summed E-state index contributed by atoms with van der Waals surface area (Å²) in [4.78, 5) is 38.7. The molecule has 0 N–H and O–H groups in total. The minimum absolute atomic E-state index is 0.0549. The maximum atomic E-state index is 13.2. The first kappa shape index (κ1) is 20.2. The number of hydrogen-bond acceptors (Lipinski definition) is 5. The first-order valence-corrected chi connectivity index (χ1v) is 10.8. The molecule has 0 aliphatic carbocycles. The van der Waals surface area contributed by atoms with Crippen LogP contribution in [0.15, 0.2) is 60.4 Å². The lowest BCUT2D eigenvalue weighted by Gasteiger charge is -2.31. The Kier molecular flexibility index (Phi) is 5.63. The molecule has 1 aliphatic rings. The van der Waals surface area contributed by atoms with Crippen LogP contribution < -0.4 is 0 Å². The van der Waals surface area contributed by atoms with Crippen molar-refractivity contribution >= 4 is 23.2 Å². The summed E-state index contributed by atoms with van der Waals surface area (Å²) in [5, 5.41) is 2.06. The summed E-state index contributed by atoms with van der Waals surface area (Å²) in [7, 11) is 3.55. The van der Waals surface area contributed by atoms with Crippen molar-refractivity contribution in [2.75, 3.05) is 27.2 Å². The van der Waals surface area contributed by atoms with E-state index in [1.54, 1.807) is 41.4 Å². The second kappa shape index (κ2) is 8.36. The van der Waals surface area contributed by atoms with E-state index >= 15 is 0 Å². The van der Waals surface area contributed by atoms with Gasteiger partial charge in [-0.15, -0.1) is 11.3 Å². The first-order chi connectivity index (χ1) is 14.5. The van der Waals surface area contributed by atoms with Gasteiger partial charge in [-0.3, -0.25) is 14.6 Å². The van der Waals surface area contributed by atoms with Gasteiger partial charge in [-0.1, -0.05) is 30.3 Å². The van der Waals surface area contributed by atoms with Crippen LogP contribution in [0, 0.1) is 5.41 Å². The number of nitrogens with zero attached hydrogens (tertiary/aromatic N) is 4. The molecular formula is C23H24N4O2S. The number of benzene rings is 1. The maximum absolute atomic E-state index is 13.2. The average Bonchev–Trinajstić information content (AvgIpc) is 3.45. The third kappa shape index (κ3) is 3.98. The van der Waals surface area contributed by atoms with Gasteiger partial charge in [0.05, 0.1) is 11.6 Å². The molecule has 6 nitrogen and oxygen atoms in total.